The second kappa shape index (κ2) is 8.95. The van der Waals surface area contributed by atoms with Gasteiger partial charge < -0.3 is 9.64 Å². The average molecular weight is 475 g/mol. The summed E-state index contributed by atoms with van der Waals surface area (Å²) in [6.07, 6.45) is 2.57. The maximum absolute atomic E-state index is 12.9. The van der Waals surface area contributed by atoms with Crippen molar-refractivity contribution in [3.05, 3.63) is 53.6 Å². The molecule has 7 nitrogen and oxygen atoms in total. The van der Waals surface area contributed by atoms with Crippen molar-refractivity contribution in [3.63, 3.8) is 0 Å². The van der Waals surface area contributed by atoms with E-state index in [0.29, 0.717) is 17.4 Å². The van der Waals surface area contributed by atoms with E-state index < -0.39 is 11.9 Å². The van der Waals surface area contributed by atoms with Crippen LogP contribution in [0.4, 0.5) is 11.4 Å². The molecule has 7 heteroatoms. The summed E-state index contributed by atoms with van der Waals surface area (Å²) < 4.78 is 5.56. The fraction of sp³-hybridized carbons (Fsp3) is 0.429. The van der Waals surface area contributed by atoms with Crippen LogP contribution < -0.4 is 14.5 Å². The Morgan fingerprint density at radius 1 is 0.943 bits per heavy atom. The number of nitrogens with zero attached hydrogens (tertiary/aromatic N) is 2. The number of carbonyl (C=O) groups excluding carboxylic acids is 4. The first-order valence-corrected chi connectivity index (χ1v) is 12.3. The molecule has 3 amide bonds. The standard InChI is InChI=1S/C28H30N2O5/c1-16-7-12-22-23(13-16)27(33)30(26(22)32)20-8-10-21(11-9-20)35-28(34)19-14-25(31)29(15-19)24-6-4-5-17(2)18(24)3/h4-6,8-11,16,19,22-23H,7,12-15H2,1-3H3/t16-,19+,22+,23+/m0/s1. The van der Waals surface area contributed by atoms with Gasteiger partial charge in [0.15, 0.2) is 0 Å². The van der Waals surface area contributed by atoms with E-state index >= 15 is 0 Å². The molecule has 0 aromatic heterocycles. The Kier molecular flexibility index (Phi) is 5.95. The third-order valence-corrected chi connectivity index (χ3v) is 7.83. The van der Waals surface area contributed by atoms with Crippen LogP contribution in [0, 0.1) is 37.5 Å². The third kappa shape index (κ3) is 4.13. The van der Waals surface area contributed by atoms with E-state index in [1.165, 1.54) is 4.90 Å². The van der Waals surface area contributed by atoms with E-state index in [9.17, 15) is 19.2 Å². The van der Waals surface area contributed by atoms with Crippen molar-refractivity contribution in [2.45, 2.75) is 46.5 Å². The summed E-state index contributed by atoms with van der Waals surface area (Å²) in [6, 6.07) is 12.3. The zero-order valence-corrected chi connectivity index (χ0v) is 20.3. The summed E-state index contributed by atoms with van der Waals surface area (Å²) in [7, 11) is 0. The van der Waals surface area contributed by atoms with Crippen molar-refractivity contribution in [1.82, 2.24) is 0 Å². The van der Waals surface area contributed by atoms with Crippen LogP contribution in [0.5, 0.6) is 5.75 Å². The minimum absolute atomic E-state index is 0.0992. The normalized spacial score (nSPS) is 26.3. The van der Waals surface area contributed by atoms with Crippen LogP contribution in [0.15, 0.2) is 42.5 Å². The summed E-state index contributed by atoms with van der Waals surface area (Å²) in [5.41, 5.74) is 3.43. The van der Waals surface area contributed by atoms with Crippen molar-refractivity contribution >= 4 is 35.1 Å². The molecule has 2 aromatic rings. The second-order valence-corrected chi connectivity index (χ2v) is 10.2. The zero-order chi connectivity index (χ0) is 24.9. The molecule has 35 heavy (non-hydrogen) atoms. The van der Waals surface area contributed by atoms with Gasteiger partial charge in [-0.25, -0.2) is 0 Å². The molecule has 1 saturated carbocycles. The van der Waals surface area contributed by atoms with E-state index in [0.717, 1.165) is 36.1 Å². The van der Waals surface area contributed by atoms with Gasteiger partial charge in [0.1, 0.15) is 5.75 Å². The molecule has 3 fully saturated rings. The Hall–Kier alpha value is -3.48. The number of esters is 1. The van der Waals surface area contributed by atoms with Gasteiger partial charge in [0, 0.05) is 18.7 Å². The summed E-state index contributed by atoms with van der Waals surface area (Å²) in [5, 5.41) is 0. The van der Waals surface area contributed by atoms with Gasteiger partial charge in [-0.3, -0.25) is 24.1 Å². The number of imide groups is 1. The zero-order valence-electron chi connectivity index (χ0n) is 20.3. The molecule has 1 aliphatic carbocycles. The number of fused-ring (bicyclic) bond motifs is 1. The lowest BCUT2D eigenvalue weighted by molar-refractivity contribution is -0.139. The highest BCUT2D eigenvalue weighted by Crippen LogP contribution is 2.42. The number of ether oxygens (including phenoxy) is 1. The molecule has 0 unspecified atom stereocenters. The summed E-state index contributed by atoms with van der Waals surface area (Å²) in [4.78, 5) is 54.2. The SMILES string of the molecule is Cc1cccc(N2C[C@H](C(=O)Oc3ccc(N4C(=O)[C@@H]5CC[C@H](C)C[C@H]5C4=O)cc3)CC2=O)c1C. The van der Waals surface area contributed by atoms with E-state index in [1.807, 2.05) is 32.0 Å². The predicted molar refractivity (Wildman–Crippen MR) is 131 cm³/mol. The number of rotatable bonds is 4. The van der Waals surface area contributed by atoms with Crippen LogP contribution in [0.2, 0.25) is 0 Å². The fourth-order valence-corrected chi connectivity index (χ4v) is 5.63. The molecule has 2 aliphatic heterocycles. The minimum atomic E-state index is -0.561. The molecule has 5 rings (SSSR count). The molecule has 0 spiro atoms. The number of amides is 3. The van der Waals surface area contributed by atoms with Gasteiger partial charge >= 0.3 is 5.97 Å². The lowest BCUT2D eigenvalue weighted by Crippen LogP contribution is -2.30. The van der Waals surface area contributed by atoms with Gasteiger partial charge in [-0.05, 0) is 80.5 Å². The molecule has 0 radical (unpaired) electrons. The molecular weight excluding hydrogens is 444 g/mol. The average Bonchev–Trinajstić information content (AvgIpc) is 3.33. The number of aryl methyl sites for hydroxylation is 1. The van der Waals surface area contributed by atoms with E-state index in [4.69, 9.17) is 4.74 Å². The van der Waals surface area contributed by atoms with Crippen molar-refractivity contribution < 1.29 is 23.9 Å². The molecule has 2 saturated heterocycles. The molecule has 2 heterocycles. The molecule has 2 aromatic carbocycles. The first kappa shape index (κ1) is 23.3. The third-order valence-electron chi connectivity index (χ3n) is 7.83. The lowest BCUT2D eigenvalue weighted by Gasteiger charge is -2.25. The topological polar surface area (TPSA) is 84.0 Å². The second-order valence-electron chi connectivity index (χ2n) is 10.2. The first-order valence-electron chi connectivity index (χ1n) is 12.3. The van der Waals surface area contributed by atoms with Crippen molar-refractivity contribution in [1.29, 1.82) is 0 Å². The summed E-state index contributed by atoms with van der Waals surface area (Å²) in [5.74, 6) is -1.08. The Morgan fingerprint density at radius 2 is 1.66 bits per heavy atom. The predicted octanol–water partition coefficient (Wildman–Crippen LogP) is 4.19. The van der Waals surface area contributed by atoms with Gasteiger partial charge in [-0.1, -0.05) is 19.1 Å². The Labute approximate surface area is 205 Å². The van der Waals surface area contributed by atoms with E-state index in [-0.39, 0.29) is 42.5 Å². The van der Waals surface area contributed by atoms with Crippen molar-refractivity contribution in [2.24, 2.45) is 23.7 Å². The van der Waals surface area contributed by atoms with Gasteiger partial charge in [0.05, 0.1) is 23.4 Å². The van der Waals surface area contributed by atoms with Crippen LogP contribution in [0.25, 0.3) is 0 Å². The smallest absolute Gasteiger partial charge is 0.316 e. The highest BCUT2D eigenvalue weighted by atomic mass is 16.5. The quantitative estimate of drug-likeness (QED) is 0.377. The Balaban J connectivity index is 1.25. The maximum Gasteiger partial charge on any atom is 0.316 e. The fourth-order valence-electron chi connectivity index (χ4n) is 5.63. The number of hydrogen-bond acceptors (Lipinski definition) is 5. The number of anilines is 2. The number of hydrogen-bond donors (Lipinski definition) is 0. The molecule has 3 aliphatic rings. The lowest BCUT2D eigenvalue weighted by atomic mass is 9.76. The first-order chi connectivity index (χ1) is 16.7. The van der Waals surface area contributed by atoms with E-state index in [1.54, 1.807) is 29.2 Å². The van der Waals surface area contributed by atoms with Crippen LogP contribution >= 0.6 is 0 Å². The highest BCUT2D eigenvalue weighted by Gasteiger charge is 2.50. The summed E-state index contributed by atoms with van der Waals surface area (Å²) >= 11 is 0. The maximum atomic E-state index is 12.9. The largest absolute Gasteiger partial charge is 0.426 e. The highest BCUT2D eigenvalue weighted by molar-refractivity contribution is 6.22. The monoisotopic (exact) mass is 474 g/mol. The minimum Gasteiger partial charge on any atom is -0.426 e. The van der Waals surface area contributed by atoms with Gasteiger partial charge in [0.2, 0.25) is 17.7 Å². The van der Waals surface area contributed by atoms with Crippen molar-refractivity contribution in [3.8, 4) is 5.75 Å². The molecular formula is C28H30N2O5. The van der Waals surface area contributed by atoms with Gasteiger partial charge in [-0.15, -0.1) is 0 Å². The number of carbonyl (C=O) groups is 4. The van der Waals surface area contributed by atoms with Crippen LogP contribution in [0.1, 0.15) is 43.7 Å². The molecule has 182 valence electrons. The Bertz CT molecular complexity index is 1200. The van der Waals surface area contributed by atoms with Gasteiger partial charge in [-0.2, -0.15) is 0 Å². The molecule has 0 bridgehead atoms. The van der Waals surface area contributed by atoms with Crippen molar-refractivity contribution in [2.75, 3.05) is 16.3 Å². The van der Waals surface area contributed by atoms with Crippen LogP contribution in [-0.2, 0) is 19.2 Å². The van der Waals surface area contributed by atoms with E-state index in [2.05, 4.69) is 6.92 Å². The Morgan fingerprint density at radius 3 is 2.40 bits per heavy atom. The molecule has 0 N–H and O–H groups in total. The van der Waals surface area contributed by atoms with Crippen LogP contribution in [0.3, 0.4) is 0 Å². The molecule has 4 atom stereocenters. The van der Waals surface area contributed by atoms with Gasteiger partial charge in [0.25, 0.3) is 0 Å². The number of benzene rings is 2. The van der Waals surface area contributed by atoms with Crippen LogP contribution in [-0.4, -0.2) is 30.2 Å². The summed E-state index contributed by atoms with van der Waals surface area (Å²) in [6.45, 7) is 6.36.